The minimum atomic E-state index is -0.268. The predicted octanol–water partition coefficient (Wildman–Crippen LogP) is 3.03. The lowest BCUT2D eigenvalue weighted by molar-refractivity contribution is 0.0944. The van der Waals surface area contributed by atoms with Crippen LogP contribution >= 0.6 is 0 Å². The van der Waals surface area contributed by atoms with Crippen LogP contribution in [0.3, 0.4) is 0 Å². The summed E-state index contributed by atoms with van der Waals surface area (Å²) in [6.45, 7) is 2.55. The van der Waals surface area contributed by atoms with Crippen molar-refractivity contribution in [2.75, 3.05) is 6.54 Å². The first-order chi connectivity index (χ1) is 12.7. The van der Waals surface area contributed by atoms with Gasteiger partial charge in [0.15, 0.2) is 0 Å². The summed E-state index contributed by atoms with van der Waals surface area (Å²) >= 11 is 0. The van der Waals surface area contributed by atoms with Gasteiger partial charge in [-0.05, 0) is 37.1 Å². The number of para-hydroxylation sites is 1. The molecule has 0 bridgehead atoms. The van der Waals surface area contributed by atoms with E-state index in [1.807, 2.05) is 55.6 Å². The number of fused-ring (bicyclic) bond motifs is 1. The molecular weight excluding hydrogens is 326 g/mol. The van der Waals surface area contributed by atoms with Gasteiger partial charge in [0.1, 0.15) is 6.33 Å². The number of nitrogens with zero attached hydrogens (tertiary/aromatic N) is 3. The summed E-state index contributed by atoms with van der Waals surface area (Å²) in [6, 6.07) is 16.0. The summed E-state index contributed by atoms with van der Waals surface area (Å²) < 4.78 is 1.61. The maximum atomic E-state index is 12.3. The number of nitrogens with one attached hydrogen (secondary N) is 2. The highest BCUT2D eigenvalue weighted by molar-refractivity contribution is 5.90. The van der Waals surface area contributed by atoms with Crippen LogP contribution in [0.4, 0.5) is 0 Å². The summed E-state index contributed by atoms with van der Waals surface area (Å²) in [6.07, 6.45) is 4.29. The fourth-order valence-electron chi connectivity index (χ4n) is 2.92. The molecule has 0 saturated heterocycles. The smallest absolute Gasteiger partial charge is 0.290 e. The summed E-state index contributed by atoms with van der Waals surface area (Å²) in [5.74, 6) is -0.0970. The molecule has 2 heterocycles. The Morgan fingerprint density at radius 1 is 1.15 bits per heavy atom. The number of carbonyl (C=O) groups excluding carboxylic acids is 1. The Balaban J connectivity index is 1.39. The lowest BCUT2D eigenvalue weighted by Gasteiger charge is -2.02. The average Bonchev–Trinajstić information content (AvgIpc) is 3.30. The Kier molecular flexibility index (Phi) is 4.23. The Hall–Kier alpha value is -3.41. The zero-order chi connectivity index (χ0) is 17.9. The summed E-state index contributed by atoms with van der Waals surface area (Å²) in [5.41, 5.74) is 4.33. The molecule has 0 aliphatic heterocycles. The normalized spacial score (nSPS) is 11.0. The van der Waals surface area contributed by atoms with E-state index in [9.17, 15) is 4.79 Å². The molecule has 130 valence electrons. The molecule has 0 atom stereocenters. The van der Waals surface area contributed by atoms with Gasteiger partial charge in [0, 0.05) is 23.6 Å². The van der Waals surface area contributed by atoms with E-state index in [1.54, 1.807) is 11.0 Å². The molecule has 0 aliphatic rings. The number of aromatic amines is 1. The molecule has 0 spiro atoms. The SMILES string of the molecule is Cc1ccc(-n2cnc(C(=O)NCCc3c[nH]c4ccccc34)n2)cc1. The Labute approximate surface area is 150 Å². The molecular formula is C20H19N5O. The quantitative estimate of drug-likeness (QED) is 0.584. The first-order valence-electron chi connectivity index (χ1n) is 8.52. The third-order valence-corrected chi connectivity index (χ3v) is 4.35. The van der Waals surface area contributed by atoms with Crippen molar-refractivity contribution in [3.8, 4) is 5.69 Å². The minimum absolute atomic E-state index is 0.171. The zero-order valence-corrected chi connectivity index (χ0v) is 14.4. The Morgan fingerprint density at radius 2 is 1.96 bits per heavy atom. The van der Waals surface area contributed by atoms with Crippen LogP contribution in [0.15, 0.2) is 61.1 Å². The second-order valence-corrected chi connectivity index (χ2v) is 6.21. The number of aromatic nitrogens is 4. The molecule has 0 unspecified atom stereocenters. The number of H-pyrrole nitrogens is 1. The lowest BCUT2D eigenvalue weighted by atomic mass is 10.1. The van der Waals surface area contributed by atoms with Gasteiger partial charge in [-0.2, -0.15) is 0 Å². The largest absolute Gasteiger partial charge is 0.361 e. The highest BCUT2D eigenvalue weighted by Crippen LogP contribution is 2.17. The molecule has 2 aromatic carbocycles. The fourth-order valence-corrected chi connectivity index (χ4v) is 2.92. The number of amides is 1. The first-order valence-corrected chi connectivity index (χ1v) is 8.52. The van der Waals surface area contributed by atoms with Gasteiger partial charge < -0.3 is 10.3 Å². The number of hydrogen-bond acceptors (Lipinski definition) is 3. The highest BCUT2D eigenvalue weighted by atomic mass is 16.2. The van der Waals surface area contributed by atoms with E-state index >= 15 is 0 Å². The monoisotopic (exact) mass is 345 g/mol. The molecule has 4 rings (SSSR count). The van der Waals surface area contributed by atoms with Crippen LogP contribution in [0.5, 0.6) is 0 Å². The van der Waals surface area contributed by atoms with Crippen LogP contribution in [-0.2, 0) is 6.42 Å². The standard InChI is InChI=1S/C20H19N5O/c1-14-6-8-16(9-7-14)25-13-23-19(24-25)20(26)21-11-10-15-12-22-18-5-3-2-4-17(15)18/h2-9,12-13,22H,10-11H2,1H3,(H,21,26). The first kappa shape index (κ1) is 16.1. The summed E-state index contributed by atoms with van der Waals surface area (Å²) in [4.78, 5) is 19.6. The van der Waals surface area contributed by atoms with Crippen molar-refractivity contribution in [2.24, 2.45) is 0 Å². The van der Waals surface area contributed by atoms with Gasteiger partial charge >= 0.3 is 0 Å². The second-order valence-electron chi connectivity index (χ2n) is 6.21. The molecule has 26 heavy (non-hydrogen) atoms. The van der Waals surface area contributed by atoms with E-state index in [-0.39, 0.29) is 11.7 Å². The van der Waals surface area contributed by atoms with Crippen molar-refractivity contribution in [3.63, 3.8) is 0 Å². The molecule has 6 heteroatoms. The maximum absolute atomic E-state index is 12.3. The van der Waals surface area contributed by atoms with Crippen molar-refractivity contribution in [2.45, 2.75) is 13.3 Å². The van der Waals surface area contributed by atoms with E-state index in [4.69, 9.17) is 0 Å². The maximum Gasteiger partial charge on any atom is 0.290 e. The number of hydrogen-bond donors (Lipinski definition) is 2. The third kappa shape index (κ3) is 3.21. The topological polar surface area (TPSA) is 75.6 Å². The van der Waals surface area contributed by atoms with Crippen molar-refractivity contribution in [3.05, 3.63) is 78.0 Å². The van der Waals surface area contributed by atoms with E-state index in [0.29, 0.717) is 6.54 Å². The van der Waals surface area contributed by atoms with Gasteiger partial charge in [-0.15, -0.1) is 5.10 Å². The average molecular weight is 345 g/mol. The van der Waals surface area contributed by atoms with E-state index in [0.717, 1.165) is 17.6 Å². The molecule has 6 nitrogen and oxygen atoms in total. The van der Waals surface area contributed by atoms with Gasteiger partial charge in [-0.25, -0.2) is 9.67 Å². The number of aryl methyl sites for hydroxylation is 1. The molecule has 0 radical (unpaired) electrons. The van der Waals surface area contributed by atoms with E-state index in [1.165, 1.54) is 16.5 Å². The fraction of sp³-hybridized carbons (Fsp3) is 0.150. The van der Waals surface area contributed by atoms with Crippen molar-refractivity contribution in [1.29, 1.82) is 0 Å². The molecule has 4 aromatic rings. The molecule has 2 aromatic heterocycles. The number of carbonyl (C=O) groups is 1. The predicted molar refractivity (Wildman–Crippen MR) is 100 cm³/mol. The van der Waals surface area contributed by atoms with Crippen LogP contribution in [0.25, 0.3) is 16.6 Å². The van der Waals surface area contributed by atoms with Crippen molar-refractivity contribution >= 4 is 16.8 Å². The van der Waals surface area contributed by atoms with Crippen LogP contribution in [0.1, 0.15) is 21.7 Å². The van der Waals surface area contributed by atoms with Gasteiger partial charge in [0.25, 0.3) is 5.91 Å². The van der Waals surface area contributed by atoms with Crippen LogP contribution < -0.4 is 5.32 Å². The molecule has 2 N–H and O–H groups in total. The summed E-state index contributed by atoms with van der Waals surface area (Å²) in [5, 5.41) is 8.33. The Morgan fingerprint density at radius 3 is 2.81 bits per heavy atom. The summed E-state index contributed by atoms with van der Waals surface area (Å²) in [7, 11) is 0. The van der Waals surface area contributed by atoms with E-state index < -0.39 is 0 Å². The molecule has 0 saturated carbocycles. The van der Waals surface area contributed by atoms with Gasteiger partial charge in [0.05, 0.1) is 5.69 Å². The Bertz CT molecular complexity index is 1050. The zero-order valence-electron chi connectivity index (χ0n) is 14.4. The third-order valence-electron chi connectivity index (χ3n) is 4.35. The second kappa shape index (κ2) is 6.84. The highest BCUT2D eigenvalue weighted by Gasteiger charge is 2.12. The molecule has 1 amide bonds. The minimum Gasteiger partial charge on any atom is -0.361 e. The van der Waals surface area contributed by atoms with Gasteiger partial charge in [-0.3, -0.25) is 4.79 Å². The van der Waals surface area contributed by atoms with Crippen LogP contribution in [0, 0.1) is 6.92 Å². The van der Waals surface area contributed by atoms with Crippen molar-refractivity contribution in [1.82, 2.24) is 25.1 Å². The number of benzene rings is 2. The van der Waals surface area contributed by atoms with E-state index in [2.05, 4.69) is 26.4 Å². The molecule has 0 fully saturated rings. The van der Waals surface area contributed by atoms with Crippen LogP contribution in [0.2, 0.25) is 0 Å². The molecule has 0 aliphatic carbocycles. The van der Waals surface area contributed by atoms with Gasteiger partial charge in [-0.1, -0.05) is 35.9 Å². The number of rotatable bonds is 5. The van der Waals surface area contributed by atoms with Crippen LogP contribution in [-0.4, -0.2) is 32.2 Å². The lowest BCUT2D eigenvalue weighted by Crippen LogP contribution is -2.26. The van der Waals surface area contributed by atoms with Crippen molar-refractivity contribution < 1.29 is 4.79 Å². The van der Waals surface area contributed by atoms with Gasteiger partial charge in [0.2, 0.25) is 5.82 Å².